The van der Waals surface area contributed by atoms with Crippen molar-refractivity contribution in [2.24, 2.45) is 5.92 Å². The van der Waals surface area contributed by atoms with Gasteiger partial charge in [-0.2, -0.15) is 17.5 Å². The first kappa shape index (κ1) is 33.1. The number of anilines is 1. The smallest absolute Gasteiger partial charge is 0.389 e. The molecule has 0 spiro atoms. The van der Waals surface area contributed by atoms with Crippen LogP contribution in [0.1, 0.15) is 32.3 Å². The summed E-state index contributed by atoms with van der Waals surface area (Å²) in [5.41, 5.74) is 0.533. The van der Waals surface area contributed by atoms with E-state index in [1.165, 1.54) is 61.5 Å². The van der Waals surface area contributed by atoms with Crippen LogP contribution in [0.2, 0.25) is 0 Å². The number of likely N-dealkylation sites (N-methyl/N-ethyl adjacent to an activating group) is 1. The number of aliphatic hydroxyl groups excluding tert-OH is 1. The number of carbonyl (C=O) groups is 2. The molecule has 42 heavy (non-hydrogen) atoms. The molecule has 0 saturated heterocycles. The van der Waals surface area contributed by atoms with E-state index < -0.39 is 47.1 Å². The highest BCUT2D eigenvalue weighted by Gasteiger charge is 2.34. The molecule has 2 amide bonds. The van der Waals surface area contributed by atoms with E-state index in [2.05, 4.69) is 5.32 Å². The number of hydrogen-bond acceptors (Lipinski definition) is 7. The van der Waals surface area contributed by atoms with Crippen LogP contribution in [0.25, 0.3) is 0 Å². The maximum Gasteiger partial charge on any atom is 0.389 e. The minimum atomic E-state index is -4.48. The van der Waals surface area contributed by atoms with Gasteiger partial charge < -0.3 is 24.8 Å². The Kier molecular flexibility index (Phi) is 10.8. The maximum absolute atomic E-state index is 13.3. The second kappa shape index (κ2) is 13.7. The minimum Gasteiger partial charge on any atom is -0.497 e. The van der Waals surface area contributed by atoms with Gasteiger partial charge in [-0.25, -0.2) is 8.42 Å². The molecular formula is C28H36F3N3O7S. The molecule has 0 bridgehead atoms. The monoisotopic (exact) mass is 615 g/mol. The summed E-state index contributed by atoms with van der Waals surface area (Å²) in [5, 5.41) is 12.2. The van der Waals surface area contributed by atoms with Crippen molar-refractivity contribution in [3.05, 3.63) is 48.0 Å². The van der Waals surface area contributed by atoms with E-state index >= 15 is 0 Å². The molecule has 10 nitrogen and oxygen atoms in total. The SMILES string of the molecule is COc1ccc(S(=O)(=O)N(C)C[C@@H]2Oc3ccc(NC(=O)CCC(F)(F)F)cc3CC(=O)N([C@@H](C)CO)C[C@@H]2C)cc1. The summed E-state index contributed by atoms with van der Waals surface area (Å²) in [6.45, 7) is 3.26. The van der Waals surface area contributed by atoms with Gasteiger partial charge in [0, 0.05) is 37.2 Å². The quantitative estimate of drug-likeness (QED) is 0.420. The van der Waals surface area contributed by atoms with Crippen LogP contribution in [0.3, 0.4) is 0 Å². The second-order valence-electron chi connectivity index (χ2n) is 10.3. The van der Waals surface area contributed by atoms with E-state index in [0.29, 0.717) is 11.3 Å². The van der Waals surface area contributed by atoms with Crippen molar-refractivity contribution in [2.75, 3.05) is 39.2 Å². The van der Waals surface area contributed by atoms with Gasteiger partial charge >= 0.3 is 6.18 Å². The number of sulfonamides is 1. The Hall–Kier alpha value is -3.36. The van der Waals surface area contributed by atoms with Gasteiger partial charge in [0.15, 0.2) is 0 Å². The van der Waals surface area contributed by atoms with Crippen molar-refractivity contribution in [1.82, 2.24) is 9.21 Å². The molecule has 0 radical (unpaired) electrons. The number of alkyl halides is 3. The third-order valence-corrected chi connectivity index (χ3v) is 8.88. The average molecular weight is 616 g/mol. The van der Waals surface area contributed by atoms with Crippen molar-refractivity contribution < 1.29 is 45.8 Å². The Morgan fingerprint density at radius 2 is 1.90 bits per heavy atom. The summed E-state index contributed by atoms with van der Waals surface area (Å²) in [4.78, 5) is 27.0. The normalized spacial score (nSPS) is 18.8. The van der Waals surface area contributed by atoms with E-state index in [1.807, 2.05) is 6.92 Å². The van der Waals surface area contributed by atoms with Crippen molar-refractivity contribution >= 4 is 27.5 Å². The lowest BCUT2D eigenvalue weighted by molar-refractivity contribution is -0.142. The fraction of sp³-hybridized carbons (Fsp3) is 0.500. The largest absolute Gasteiger partial charge is 0.497 e. The van der Waals surface area contributed by atoms with Crippen LogP contribution in [0, 0.1) is 5.92 Å². The van der Waals surface area contributed by atoms with Gasteiger partial charge in [0.2, 0.25) is 21.8 Å². The van der Waals surface area contributed by atoms with E-state index in [-0.39, 0.29) is 54.3 Å². The van der Waals surface area contributed by atoms with E-state index in [0.717, 1.165) is 4.31 Å². The Morgan fingerprint density at radius 1 is 1.24 bits per heavy atom. The highest BCUT2D eigenvalue weighted by atomic mass is 32.2. The fourth-order valence-electron chi connectivity index (χ4n) is 4.48. The van der Waals surface area contributed by atoms with Gasteiger partial charge in [-0.3, -0.25) is 9.59 Å². The predicted octanol–water partition coefficient (Wildman–Crippen LogP) is 3.45. The topological polar surface area (TPSA) is 125 Å². The van der Waals surface area contributed by atoms with Crippen molar-refractivity contribution in [3.63, 3.8) is 0 Å². The lowest BCUT2D eigenvalue weighted by Gasteiger charge is -2.33. The zero-order valence-corrected chi connectivity index (χ0v) is 24.7. The first-order chi connectivity index (χ1) is 19.6. The standard InChI is InChI=1S/C28H36F3N3O7S/c1-18-15-34(19(2)17-35)27(37)14-20-13-21(32-26(36)11-12-28(29,30)31)5-10-24(20)41-25(18)16-33(3)42(38,39)23-8-6-22(40-4)7-9-23/h5-10,13,18-19,25,35H,11-12,14-17H2,1-4H3,(H,32,36)/t18-,19-,25-/m0/s1. The number of ether oxygens (including phenoxy) is 2. The second-order valence-corrected chi connectivity index (χ2v) is 12.4. The number of fused-ring (bicyclic) bond motifs is 1. The number of amides is 2. The van der Waals surface area contributed by atoms with Crippen LogP contribution in [0.5, 0.6) is 11.5 Å². The van der Waals surface area contributed by atoms with E-state index in [1.54, 1.807) is 6.92 Å². The number of methoxy groups -OCH3 is 1. The third kappa shape index (κ3) is 8.58. The van der Waals surface area contributed by atoms with Crippen molar-refractivity contribution in [1.29, 1.82) is 0 Å². The Labute approximate surface area is 243 Å². The van der Waals surface area contributed by atoms with Gasteiger partial charge in [0.1, 0.15) is 17.6 Å². The molecule has 3 rings (SSSR count). The number of carbonyl (C=O) groups excluding carboxylic acids is 2. The summed E-state index contributed by atoms with van der Waals surface area (Å²) in [5.74, 6) is -0.796. The summed E-state index contributed by atoms with van der Waals surface area (Å²) in [6, 6.07) is 9.78. The lowest BCUT2D eigenvalue weighted by atomic mass is 10.0. The number of halogens is 3. The zero-order valence-electron chi connectivity index (χ0n) is 23.8. The highest BCUT2D eigenvalue weighted by Crippen LogP contribution is 2.30. The van der Waals surface area contributed by atoms with Crippen LogP contribution >= 0.6 is 0 Å². The number of aliphatic hydroxyl groups is 1. The molecule has 1 aliphatic heterocycles. The lowest BCUT2D eigenvalue weighted by Crippen LogP contribution is -2.48. The van der Waals surface area contributed by atoms with Crippen LogP contribution in [-0.2, 0) is 26.0 Å². The van der Waals surface area contributed by atoms with Crippen molar-refractivity contribution in [3.8, 4) is 11.5 Å². The number of benzene rings is 2. The molecule has 0 aromatic heterocycles. The summed E-state index contributed by atoms with van der Waals surface area (Å²) in [7, 11) is -1.04. The number of hydrogen-bond donors (Lipinski definition) is 2. The Bertz CT molecular complexity index is 1350. The number of rotatable bonds is 10. The molecule has 2 N–H and O–H groups in total. The fourth-order valence-corrected chi connectivity index (χ4v) is 5.67. The molecule has 3 atom stereocenters. The molecule has 0 fully saturated rings. The summed E-state index contributed by atoms with van der Waals surface area (Å²) < 4.78 is 76.8. The molecule has 0 saturated carbocycles. The number of nitrogens with zero attached hydrogens (tertiary/aromatic N) is 2. The first-order valence-electron chi connectivity index (χ1n) is 13.3. The molecule has 0 unspecified atom stereocenters. The van der Waals surface area contributed by atoms with Gasteiger partial charge in [0.05, 0.1) is 44.0 Å². The predicted molar refractivity (Wildman–Crippen MR) is 149 cm³/mol. The van der Waals surface area contributed by atoms with Gasteiger partial charge in [0.25, 0.3) is 0 Å². The van der Waals surface area contributed by atoms with Crippen LogP contribution in [0.4, 0.5) is 18.9 Å². The Morgan fingerprint density at radius 3 is 2.50 bits per heavy atom. The maximum atomic E-state index is 13.3. The molecule has 1 heterocycles. The molecule has 2 aromatic carbocycles. The molecule has 232 valence electrons. The van der Waals surface area contributed by atoms with Crippen molar-refractivity contribution in [2.45, 2.75) is 56.3 Å². The van der Waals surface area contributed by atoms with Crippen LogP contribution < -0.4 is 14.8 Å². The molecule has 14 heteroatoms. The summed E-state index contributed by atoms with van der Waals surface area (Å²) in [6.07, 6.45) is -7.42. The highest BCUT2D eigenvalue weighted by molar-refractivity contribution is 7.89. The van der Waals surface area contributed by atoms with E-state index in [9.17, 15) is 36.3 Å². The van der Waals surface area contributed by atoms with E-state index in [4.69, 9.17) is 9.47 Å². The van der Waals surface area contributed by atoms with Gasteiger partial charge in [-0.1, -0.05) is 6.92 Å². The number of nitrogens with one attached hydrogen (secondary N) is 1. The molecule has 1 aliphatic rings. The zero-order chi connectivity index (χ0) is 31.2. The molecular weight excluding hydrogens is 579 g/mol. The van der Waals surface area contributed by atoms with Gasteiger partial charge in [-0.15, -0.1) is 0 Å². The van der Waals surface area contributed by atoms with Crippen LogP contribution in [0.15, 0.2) is 47.4 Å². The third-order valence-electron chi connectivity index (χ3n) is 7.04. The minimum absolute atomic E-state index is 0.0542. The average Bonchev–Trinajstić information content (AvgIpc) is 2.98. The van der Waals surface area contributed by atoms with Gasteiger partial charge in [-0.05, 0) is 49.4 Å². The molecule has 2 aromatic rings. The van der Waals surface area contributed by atoms with Crippen LogP contribution in [-0.4, -0.2) is 86.7 Å². The Balaban J connectivity index is 1.91. The first-order valence-corrected chi connectivity index (χ1v) is 14.8. The molecule has 0 aliphatic carbocycles. The summed E-state index contributed by atoms with van der Waals surface area (Å²) >= 11 is 0.